The van der Waals surface area contributed by atoms with Crippen LogP contribution >= 0.6 is 15.9 Å². The van der Waals surface area contributed by atoms with Crippen molar-refractivity contribution in [2.75, 3.05) is 33.4 Å². The Kier molecular flexibility index (Phi) is 8.38. The van der Waals surface area contributed by atoms with Crippen LogP contribution in [0, 0.1) is 5.92 Å². The lowest BCUT2D eigenvalue weighted by molar-refractivity contribution is 0.138. The van der Waals surface area contributed by atoms with Gasteiger partial charge in [0.2, 0.25) is 0 Å². The molecule has 0 radical (unpaired) electrons. The van der Waals surface area contributed by atoms with Crippen LogP contribution in [0.4, 0.5) is 0 Å². The first-order valence-electron chi connectivity index (χ1n) is 7.25. The first-order valence-corrected chi connectivity index (χ1v) is 8.04. The van der Waals surface area contributed by atoms with Gasteiger partial charge in [-0.2, -0.15) is 0 Å². The maximum atomic E-state index is 6.29. The molecule has 0 heterocycles. The minimum atomic E-state index is 0.0877. The minimum Gasteiger partial charge on any atom is -0.383 e. The Morgan fingerprint density at radius 1 is 1.30 bits per heavy atom. The third-order valence-corrected chi connectivity index (χ3v) is 3.76. The summed E-state index contributed by atoms with van der Waals surface area (Å²) >= 11 is 3.49. The van der Waals surface area contributed by atoms with E-state index >= 15 is 0 Å². The van der Waals surface area contributed by atoms with Crippen molar-refractivity contribution in [3.8, 4) is 0 Å². The molecule has 0 bridgehead atoms. The third kappa shape index (κ3) is 6.84. The van der Waals surface area contributed by atoms with Gasteiger partial charge in [-0.15, -0.1) is 0 Å². The highest BCUT2D eigenvalue weighted by Gasteiger charge is 2.11. The molecule has 0 aromatic heterocycles. The summed E-state index contributed by atoms with van der Waals surface area (Å²) in [5.41, 5.74) is 7.48. The average molecular weight is 343 g/mol. The van der Waals surface area contributed by atoms with Gasteiger partial charge in [-0.3, -0.25) is 0 Å². The van der Waals surface area contributed by atoms with Crippen LogP contribution in [0.3, 0.4) is 0 Å². The molecule has 1 unspecified atom stereocenters. The molecule has 1 rings (SSSR count). The molecule has 0 aliphatic heterocycles. The lowest BCUT2D eigenvalue weighted by Crippen LogP contribution is -2.33. The smallest absolute Gasteiger partial charge is 0.0589 e. The molecule has 0 saturated carbocycles. The molecule has 0 saturated heterocycles. The van der Waals surface area contributed by atoms with E-state index < -0.39 is 0 Å². The predicted molar refractivity (Wildman–Crippen MR) is 88.8 cm³/mol. The summed E-state index contributed by atoms with van der Waals surface area (Å²) in [6.45, 7) is 8.34. The summed E-state index contributed by atoms with van der Waals surface area (Å²) < 4.78 is 6.27. The van der Waals surface area contributed by atoms with Gasteiger partial charge in [-0.25, -0.2) is 0 Å². The second-order valence-electron chi connectivity index (χ2n) is 5.64. The zero-order chi connectivity index (χ0) is 15.0. The molecule has 20 heavy (non-hydrogen) atoms. The molecule has 0 aliphatic carbocycles. The lowest BCUT2D eigenvalue weighted by Gasteiger charge is -2.25. The van der Waals surface area contributed by atoms with Gasteiger partial charge in [0.25, 0.3) is 0 Å². The van der Waals surface area contributed by atoms with Crippen LogP contribution in [0.2, 0.25) is 0 Å². The summed E-state index contributed by atoms with van der Waals surface area (Å²) in [5.74, 6) is 0.661. The van der Waals surface area contributed by atoms with Crippen molar-refractivity contribution in [2.45, 2.75) is 26.3 Å². The number of nitrogens with two attached hydrogens (primary N) is 1. The van der Waals surface area contributed by atoms with Crippen molar-refractivity contribution in [3.63, 3.8) is 0 Å². The van der Waals surface area contributed by atoms with Crippen molar-refractivity contribution in [1.29, 1.82) is 0 Å². The quantitative estimate of drug-likeness (QED) is 0.746. The number of halogens is 1. The Morgan fingerprint density at radius 3 is 2.65 bits per heavy atom. The summed E-state index contributed by atoms with van der Waals surface area (Å²) in [7, 11) is 1.75. The number of ether oxygens (including phenoxy) is 1. The molecule has 1 aromatic carbocycles. The molecule has 2 N–H and O–H groups in total. The second-order valence-corrected chi connectivity index (χ2v) is 6.55. The topological polar surface area (TPSA) is 38.5 Å². The first kappa shape index (κ1) is 17.6. The van der Waals surface area contributed by atoms with Gasteiger partial charge >= 0.3 is 0 Å². The van der Waals surface area contributed by atoms with Crippen LogP contribution in [-0.4, -0.2) is 38.3 Å². The molecule has 1 aromatic rings. The number of hydrogen-bond acceptors (Lipinski definition) is 3. The minimum absolute atomic E-state index is 0.0877. The largest absolute Gasteiger partial charge is 0.383 e. The van der Waals surface area contributed by atoms with Gasteiger partial charge in [0, 0.05) is 37.3 Å². The van der Waals surface area contributed by atoms with Gasteiger partial charge in [0.15, 0.2) is 0 Å². The van der Waals surface area contributed by atoms with E-state index in [0.717, 1.165) is 37.1 Å². The van der Waals surface area contributed by atoms with Crippen molar-refractivity contribution < 1.29 is 4.74 Å². The Labute approximate surface area is 131 Å². The number of hydrogen-bond donors (Lipinski definition) is 1. The zero-order valence-electron chi connectivity index (χ0n) is 12.8. The van der Waals surface area contributed by atoms with E-state index in [2.05, 4.69) is 46.8 Å². The molecule has 3 nitrogen and oxygen atoms in total. The molecular formula is C16H27BrN2O. The zero-order valence-corrected chi connectivity index (χ0v) is 14.4. The van der Waals surface area contributed by atoms with Crippen LogP contribution in [0.25, 0.3) is 0 Å². The Morgan fingerprint density at radius 2 is 2.05 bits per heavy atom. The van der Waals surface area contributed by atoms with Crippen LogP contribution in [-0.2, 0) is 4.74 Å². The average Bonchev–Trinajstić information content (AvgIpc) is 2.41. The predicted octanol–water partition coefficient (Wildman–Crippen LogP) is 3.44. The number of nitrogens with zero attached hydrogens (tertiary/aromatic N) is 1. The summed E-state index contributed by atoms with van der Waals surface area (Å²) in [6.07, 6.45) is 0.965. The lowest BCUT2D eigenvalue weighted by atomic mass is 10.0. The van der Waals surface area contributed by atoms with E-state index in [0.29, 0.717) is 5.92 Å². The number of rotatable bonds is 9. The molecule has 0 amide bonds. The maximum absolute atomic E-state index is 6.29. The van der Waals surface area contributed by atoms with Gasteiger partial charge in [-0.05, 0) is 30.0 Å². The molecular weight excluding hydrogens is 316 g/mol. The van der Waals surface area contributed by atoms with Gasteiger partial charge in [-0.1, -0.05) is 41.9 Å². The summed E-state index contributed by atoms with van der Waals surface area (Å²) in [4.78, 5) is 2.44. The van der Waals surface area contributed by atoms with E-state index in [1.54, 1.807) is 7.11 Å². The SMILES string of the molecule is COCCN(CCC(N)c1cccc(Br)c1)CC(C)C. The van der Waals surface area contributed by atoms with Crippen molar-refractivity contribution >= 4 is 15.9 Å². The molecule has 4 heteroatoms. The van der Waals surface area contributed by atoms with Crippen molar-refractivity contribution in [2.24, 2.45) is 11.7 Å². The molecule has 0 spiro atoms. The second kappa shape index (κ2) is 9.50. The molecule has 0 fully saturated rings. The van der Waals surface area contributed by atoms with Gasteiger partial charge in [0.05, 0.1) is 6.61 Å². The summed E-state index contributed by atoms with van der Waals surface area (Å²) in [5, 5.41) is 0. The van der Waals surface area contributed by atoms with Crippen LogP contribution in [0.5, 0.6) is 0 Å². The fraction of sp³-hybridized carbons (Fsp3) is 0.625. The van der Waals surface area contributed by atoms with E-state index in [9.17, 15) is 0 Å². The van der Waals surface area contributed by atoms with Crippen molar-refractivity contribution in [3.05, 3.63) is 34.3 Å². The van der Waals surface area contributed by atoms with Crippen LogP contribution < -0.4 is 5.73 Å². The van der Waals surface area contributed by atoms with E-state index in [1.165, 1.54) is 5.56 Å². The van der Waals surface area contributed by atoms with Gasteiger partial charge in [0.1, 0.15) is 0 Å². The van der Waals surface area contributed by atoms with E-state index in [-0.39, 0.29) is 6.04 Å². The number of benzene rings is 1. The highest BCUT2D eigenvalue weighted by atomic mass is 79.9. The highest BCUT2D eigenvalue weighted by Crippen LogP contribution is 2.19. The molecule has 0 aliphatic rings. The fourth-order valence-electron chi connectivity index (χ4n) is 2.26. The first-order chi connectivity index (χ1) is 9.52. The van der Waals surface area contributed by atoms with E-state index in [4.69, 9.17) is 10.5 Å². The summed E-state index contributed by atoms with van der Waals surface area (Å²) in [6, 6.07) is 8.35. The van der Waals surface area contributed by atoms with Crippen LogP contribution in [0.15, 0.2) is 28.7 Å². The molecule has 114 valence electrons. The number of methoxy groups -OCH3 is 1. The Bertz CT molecular complexity index is 384. The molecule has 1 atom stereocenters. The van der Waals surface area contributed by atoms with Gasteiger partial charge < -0.3 is 15.4 Å². The maximum Gasteiger partial charge on any atom is 0.0589 e. The van der Waals surface area contributed by atoms with Crippen LogP contribution in [0.1, 0.15) is 31.9 Å². The monoisotopic (exact) mass is 342 g/mol. The fourth-order valence-corrected chi connectivity index (χ4v) is 2.67. The normalized spacial score (nSPS) is 13.2. The van der Waals surface area contributed by atoms with E-state index in [1.807, 2.05) is 12.1 Å². The Hall–Kier alpha value is -0.420. The standard InChI is InChI=1S/C16H27BrN2O/c1-13(2)12-19(9-10-20-3)8-7-16(18)14-5-4-6-15(17)11-14/h4-6,11,13,16H,7-10,12,18H2,1-3H3. The Balaban J connectivity index is 2.48. The third-order valence-electron chi connectivity index (χ3n) is 3.27. The highest BCUT2D eigenvalue weighted by molar-refractivity contribution is 9.10. The van der Waals surface area contributed by atoms with Crippen molar-refractivity contribution in [1.82, 2.24) is 4.90 Å².